The van der Waals surface area contributed by atoms with Crippen LogP contribution in [0.5, 0.6) is 0 Å². The lowest BCUT2D eigenvalue weighted by atomic mass is 9.96. The van der Waals surface area contributed by atoms with Crippen LogP contribution in [0.15, 0.2) is 36.7 Å². The summed E-state index contributed by atoms with van der Waals surface area (Å²) < 4.78 is 1.77. The van der Waals surface area contributed by atoms with E-state index in [1.54, 1.807) is 28.9 Å². The van der Waals surface area contributed by atoms with Gasteiger partial charge in [-0.1, -0.05) is 6.07 Å². The standard InChI is InChI=1S/C17H18N4O/c1-20-12-15(11-19-20)16-7-2-3-8-21(16)17(22)14-6-4-5-13(9-14)10-18/h4-6,9,11-12,16H,2-3,7-8H2,1H3/t16-/m0/s1. The summed E-state index contributed by atoms with van der Waals surface area (Å²) in [6.45, 7) is 0.745. The van der Waals surface area contributed by atoms with E-state index in [0.29, 0.717) is 11.1 Å². The number of nitrogens with zero attached hydrogens (tertiary/aromatic N) is 4. The van der Waals surface area contributed by atoms with Gasteiger partial charge in [-0.05, 0) is 37.5 Å². The lowest BCUT2D eigenvalue weighted by Gasteiger charge is -2.35. The first-order valence-electron chi connectivity index (χ1n) is 7.49. The second-order valence-electron chi connectivity index (χ2n) is 5.65. The molecule has 2 heterocycles. The molecule has 1 fully saturated rings. The van der Waals surface area contributed by atoms with Gasteiger partial charge in [-0.3, -0.25) is 9.48 Å². The van der Waals surface area contributed by atoms with Gasteiger partial charge in [-0.15, -0.1) is 0 Å². The summed E-state index contributed by atoms with van der Waals surface area (Å²) in [5.74, 6) is -0.00865. The van der Waals surface area contributed by atoms with E-state index in [1.807, 2.05) is 24.3 Å². The van der Waals surface area contributed by atoms with Crippen molar-refractivity contribution in [2.24, 2.45) is 7.05 Å². The fourth-order valence-corrected chi connectivity index (χ4v) is 3.02. The number of aryl methyl sites for hydroxylation is 1. The topological polar surface area (TPSA) is 61.9 Å². The zero-order valence-electron chi connectivity index (χ0n) is 12.6. The molecule has 22 heavy (non-hydrogen) atoms. The van der Waals surface area contributed by atoms with E-state index in [2.05, 4.69) is 11.2 Å². The molecule has 2 aromatic rings. The number of amides is 1. The Morgan fingerprint density at radius 1 is 1.41 bits per heavy atom. The van der Waals surface area contributed by atoms with Crippen molar-refractivity contribution in [3.63, 3.8) is 0 Å². The molecule has 0 bridgehead atoms. The molecule has 0 N–H and O–H groups in total. The van der Waals surface area contributed by atoms with Gasteiger partial charge in [0.1, 0.15) is 0 Å². The SMILES string of the molecule is Cn1cc([C@@H]2CCCCN2C(=O)c2cccc(C#N)c2)cn1. The van der Waals surface area contributed by atoms with Crippen LogP contribution in [-0.4, -0.2) is 27.1 Å². The smallest absolute Gasteiger partial charge is 0.254 e. The molecular weight excluding hydrogens is 276 g/mol. The molecule has 0 aliphatic carbocycles. The van der Waals surface area contributed by atoms with Crippen LogP contribution in [0.4, 0.5) is 0 Å². The van der Waals surface area contributed by atoms with E-state index < -0.39 is 0 Å². The van der Waals surface area contributed by atoms with Gasteiger partial charge in [0.2, 0.25) is 0 Å². The van der Waals surface area contributed by atoms with Crippen LogP contribution >= 0.6 is 0 Å². The highest BCUT2D eigenvalue weighted by Crippen LogP contribution is 2.31. The molecule has 3 rings (SSSR count). The number of rotatable bonds is 2. The van der Waals surface area contributed by atoms with Gasteiger partial charge < -0.3 is 4.90 Å². The first kappa shape index (κ1) is 14.3. The molecule has 1 saturated heterocycles. The maximum atomic E-state index is 12.8. The van der Waals surface area contributed by atoms with E-state index >= 15 is 0 Å². The monoisotopic (exact) mass is 294 g/mol. The summed E-state index contributed by atoms with van der Waals surface area (Å²) in [7, 11) is 1.88. The van der Waals surface area contributed by atoms with Crippen LogP contribution in [0.1, 0.15) is 46.8 Å². The van der Waals surface area contributed by atoms with Crippen LogP contribution in [0.2, 0.25) is 0 Å². The molecule has 5 nitrogen and oxygen atoms in total. The highest BCUT2D eigenvalue weighted by Gasteiger charge is 2.29. The molecule has 1 aromatic carbocycles. The molecule has 1 aromatic heterocycles. The molecule has 5 heteroatoms. The first-order valence-corrected chi connectivity index (χ1v) is 7.49. The zero-order chi connectivity index (χ0) is 15.5. The van der Waals surface area contributed by atoms with E-state index in [4.69, 9.17) is 5.26 Å². The van der Waals surface area contributed by atoms with Crippen LogP contribution in [-0.2, 0) is 7.05 Å². The summed E-state index contributed by atoms with van der Waals surface area (Å²) in [5.41, 5.74) is 2.17. The van der Waals surface area contributed by atoms with Crippen molar-refractivity contribution < 1.29 is 4.79 Å². The second kappa shape index (κ2) is 6.02. The first-order chi connectivity index (χ1) is 10.7. The normalized spacial score (nSPS) is 18.0. The fourth-order valence-electron chi connectivity index (χ4n) is 3.02. The number of carbonyl (C=O) groups is 1. The number of hydrogen-bond donors (Lipinski definition) is 0. The van der Waals surface area contributed by atoms with Gasteiger partial charge in [0.15, 0.2) is 0 Å². The molecule has 1 atom stereocenters. The number of likely N-dealkylation sites (tertiary alicyclic amines) is 1. The average molecular weight is 294 g/mol. The largest absolute Gasteiger partial charge is 0.331 e. The Balaban J connectivity index is 1.90. The van der Waals surface area contributed by atoms with Crippen molar-refractivity contribution in [3.05, 3.63) is 53.3 Å². The van der Waals surface area contributed by atoms with Crippen molar-refractivity contribution in [3.8, 4) is 6.07 Å². The Morgan fingerprint density at radius 2 is 2.27 bits per heavy atom. The van der Waals surface area contributed by atoms with Gasteiger partial charge in [0.25, 0.3) is 5.91 Å². The third-order valence-electron chi connectivity index (χ3n) is 4.11. The minimum atomic E-state index is -0.00865. The molecule has 1 amide bonds. The molecule has 0 radical (unpaired) electrons. The number of hydrogen-bond acceptors (Lipinski definition) is 3. The van der Waals surface area contributed by atoms with Crippen molar-refractivity contribution >= 4 is 5.91 Å². The van der Waals surface area contributed by atoms with Gasteiger partial charge in [-0.25, -0.2) is 0 Å². The quantitative estimate of drug-likeness (QED) is 0.855. The summed E-state index contributed by atoms with van der Waals surface area (Å²) >= 11 is 0. The van der Waals surface area contributed by atoms with Crippen molar-refractivity contribution in [1.82, 2.24) is 14.7 Å². The Labute approximate surface area is 129 Å². The predicted molar refractivity (Wildman–Crippen MR) is 82.0 cm³/mol. The molecule has 0 saturated carbocycles. The fraction of sp³-hybridized carbons (Fsp3) is 0.353. The maximum absolute atomic E-state index is 12.8. The van der Waals surface area contributed by atoms with Crippen LogP contribution < -0.4 is 0 Å². The van der Waals surface area contributed by atoms with Gasteiger partial charge >= 0.3 is 0 Å². The van der Waals surface area contributed by atoms with E-state index in [0.717, 1.165) is 31.4 Å². The Bertz CT molecular complexity index is 728. The number of nitriles is 1. The van der Waals surface area contributed by atoms with Crippen molar-refractivity contribution in [1.29, 1.82) is 5.26 Å². The highest BCUT2D eigenvalue weighted by atomic mass is 16.2. The molecule has 0 spiro atoms. The minimum absolute atomic E-state index is 0.00865. The summed E-state index contributed by atoms with van der Waals surface area (Å²) in [6, 6.07) is 9.07. The Morgan fingerprint density at radius 3 is 3.00 bits per heavy atom. The number of carbonyl (C=O) groups excluding carboxylic acids is 1. The van der Waals surface area contributed by atoms with Gasteiger partial charge in [-0.2, -0.15) is 10.4 Å². The van der Waals surface area contributed by atoms with Crippen molar-refractivity contribution in [2.45, 2.75) is 25.3 Å². The van der Waals surface area contributed by atoms with Crippen LogP contribution in [0.25, 0.3) is 0 Å². The molecular formula is C17H18N4O. The van der Waals surface area contributed by atoms with Gasteiger partial charge in [0.05, 0.1) is 23.9 Å². The lowest BCUT2D eigenvalue weighted by molar-refractivity contribution is 0.0611. The summed E-state index contributed by atoms with van der Waals surface area (Å²) in [4.78, 5) is 14.8. The van der Waals surface area contributed by atoms with Crippen molar-refractivity contribution in [2.75, 3.05) is 6.54 Å². The Kier molecular flexibility index (Phi) is 3.92. The molecule has 1 aliphatic heterocycles. The van der Waals surface area contributed by atoms with E-state index in [1.165, 1.54) is 0 Å². The average Bonchev–Trinajstić information content (AvgIpc) is 3.00. The number of piperidine rings is 1. The van der Waals surface area contributed by atoms with Gasteiger partial charge in [0, 0.05) is 30.9 Å². The molecule has 0 unspecified atom stereocenters. The highest BCUT2D eigenvalue weighted by molar-refractivity contribution is 5.94. The molecule has 112 valence electrons. The number of aromatic nitrogens is 2. The van der Waals surface area contributed by atoms with E-state index in [-0.39, 0.29) is 11.9 Å². The Hall–Kier alpha value is -2.61. The summed E-state index contributed by atoms with van der Waals surface area (Å²) in [5, 5.41) is 13.2. The second-order valence-corrected chi connectivity index (χ2v) is 5.65. The zero-order valence-corrected chi connectivity index (χ0v) is 12.6. The lowest BCUT2D eigenvalue weighted by Crippen LogP contribution is -2.38. The summed E-state index contributed by atoms with van der Waals surface area (Å²) in [6.07, 6.45) is 6.89. The van der Waals surface area contributed by atoms with Crippen LogP contribution in [0, 0.1) is 11.3 Å². The minimum Gasteiger partial charge on any atom is -0.331 e. The third-order valence-corrected chi connectivity index (χ3v) is 4.11. The third kappa shape index (κ3) is 2.73. The maximum Gasteiger partial charge on any atom is 0.254 e. The predicted octanol–water partition coefficient (Wildman–Crippen LogP) is 2.66. The van der Waals surface area contributed by atoms with Crippen LogP contribution in [0.3, 0.4) is 0 Å². The molecule has 1 aliphatic rings. The van der Waals surface area contributed by atoms with E-state index in [9.17, 15) is 4.79 Å². The number of benzene rings is 1.